The molecule has 0 radical (unpaired) electrons. The quantitative estimate of drug-likeness (QED) is 0.941. The maximum atomic E-state index is 10.5. The van der Waals surface area contributed by atoms with Crippen LogP contribution in [-0.4, -0.2) is 41.8 Å². The van der Waals surface area contributed by atoms with E-state index in [0.717, 1.165) is 18.7 Å². The minimum absolute atomic E-state index is 0.234. The molecule has 1 fully saturated rings. The molecule has 0 amide bonds. The first-order chi connectivity index (χ1) is 10.1. The molecule has 1 N–H and O–H groups in total. The van der Waals surface area contributed by atoms with Crippen LogP contribution >= 0.6 is 0 Å². The van der Waals surface area contributed by atoms with Crippen molar-refractivity contribution in [1.82, 2.24) is 4.90 Å². The van der Waals surface area contributed by atoms with Crippen LogP contribution in [-0.2, 0) is 4.74 Å². The van der Waals surface area contributed by atoms with Crippen molar-refractivity contribution in [3.63, 3.8) is 0 Å². The lowest BCUT2D eigenvalue weighted by Gasteiger charge is -2.36. The molecular formula is C18H23NO2. The van der Waals surface area contributed by atoms with E-state index in [2.05, 4.69) is 43.0 Å². The van der Waals surface area contributed by atoms with Gasteiger partial charge in [-0.15, -0.1) is 0 Å². The molecule has 3 atom stereocenters. The molecule has 2 aromatic carbocycles. The van der Waals surface area contributed by atoms with Crippen LogP contribution < -0.4 is 0 Å². The van der Waals surface area contributed by atoms with Gasteiger partial charge in [-0.2, -0.15) is 0 Å². The van der Waals surface area contributed by atoms with Crippen molar-refractivity contribution in [2.45, 2.75) is 32.2 Å². The van der Waals surface area contributed by atoms with Crippen molar-refractivity contribution < 1.29 is 9.84 Å². The van der Waals surface area contributed by atoms with Crippen LogP contribution in [0.3, 0.4) is 0 Å². The van der Waals surface area contributed by atoms with Crippen LogP contribution in [0.5, 0.6) is 0 Å². The summed E-state index contributed by atoms with van der Waals surface area (Å²) in [6, 6.07) is 14.5. The highest BCUT2D eigenvalue weighted by Gasteiger charge is 2.24. The second-order valence-corrected chi connectivity index (χ2v) is 6.10. The number of hydrogen-bond acceptors (Lipinski definition) is 3. The molecule has 112 valence electrons. The molecule has 1 heterocycles. The minimum Gasteiger partial charge on any atom is -0.387 e. The first-order valence-corrected chi connectivity index (χ1v) is 7.66. The van der Waals surface area contributed by atoms with Crippen molar-refractivity contribution in [3.8, 4) is 0 Å². The first-order valence-electron chi connectivity index (χ1n) is 7.66. The Hall–Kier alpha value is -1.42. The van der Waals surface area contributed by atoms with Crippen LogP contribution in [0.25, 0.3) is 10.8 Å². The molecule has 1 aliphatic rings. The standard InChI is InChI=1S/C18H23NO2/c1-13-10-19(11-14(2)21-13)12-18(20)17-8-7-15-5-3-4-6-16(15)9-17/h3-9,13-14,18,20H,10-12H2,1-2H3/t13-,14+,18?. The normalized spacial score (nSPS) is 25.1. The predicted molar refractivity (Wildman–Crippen MR) is 85.4 cm³/mol. The van der Waals surface area contributed by atoms with E-state index >= 15 is 0 Å². The van der Waals surface area contributed by atoms with E-state index in [4.69, 9.17) is 4.74 Å². The zero-order chi connectivity index (χ0) is 14.8. The Morgan fingerprint density at radius 1 is 1.10 bits per heavy atom. The minimum atomic E-state index is -0.452. The molecule has 1 unspecified atom stereocenters. The van der Waals surface area contributed by atoms with E-state index in [1.807, 2.05) is 18.2 Å². The molecule has 0 aromatic heterocycles. The number of aliphatic hydroxyl groups excluding tert-OH is 1. The highest BCUT2D eigenvalue weighted by Crippen LogP contribution is 2.22. The van der Waals surface area contributed by atoms with Gasteiger partial charge in [0.05, 0.1) is 18.3 Å². The molecule has 0 spiro atoms. The Morgan fingerprint density at radius 2 is 1.76 bits per heavy atom. The van der Waals surface area contributed by atoms with Crippen LogP contribution in [0.4, 0.5) is 0 Å². The fourth-order valence-electron chi connectivity index (χ4n) is 3.20. The third-order valence-corrected chi connectivity index (χ3v) is 4.08. The third kappa shape index (κ3) is 3.43. The molecule has 0 saturated carbocycles. The summed E-state index contributed by atoms with van der Waals surface area (Å²) >= 11 is 0. The molecule has 3 nitrogen and oxygen atoms in total. The lowest BCUT2D eigenvalue weighted by Crippen LogP contribution is -2.46. The van der Waals surface area contributed by atoms with Crippen LogP contribution in [0.15, 0.2) is 42.5 Å². The van der Waals surface area contributed by atoms with Gasteiger partial charge in [-0.1, -0.05) is 36.4 Å². The van der Waals surface area contributed by atoms with Crippen molar-refractivity contribution in [2.75, 3.05) is 19.6 Å². The molecule has 2 aromatic rings. The molecule has 0 bridgehead atoms. The average Bonchev–Trinajstić information content (AvgIpc) is 2.45. The van der Waals surface area contributed by atoms with Crippen molar-refractivity contribution in [1.29, 1.82) is 0 Å². The number of hydrogen-bond donors (Lipinski definition) is 1. The highest BCUT2D eigenvalue weighted by molar-refractivity contribution is 5.83. The van der Waals surface area contributed by atoms with Gasteiger partial charge in [0.1, 0.15) is 0 Å². The van der Waals surface area contributed by atoms with Gasteiger partial charge in [0, 0.05) is 19.6 Å². The lowest BCUT2D eigenvalue weighted by molar-refractivity contribution is -0.0767. The summed E-state index contributed by atoms with van der Waals surface area (Å²) in [5.74, 6) is 0. The monoisotopic (exact) mass is 285 g/mol. The number of nitrogens with zero attached hydrogens (tertiary/aromatic N) is 1. The van der Waals surface area contributed by atoms with E-state index in [9.17, 15) is 5.11 Å². The third-order valence-electron chi connectivity index (χ3n) is 4.08. The summed E-state index contributed by atoms with van der Waals surface area (Å²) in [5.41, 5.74) is 0.987. The largest absolute Gasteiger partial charge is 0.387 e. The molecule has 1 saturated heterocycles. The van der Waals surface area contributed by atoms with Crippen LogP contribution in [0, 0.1) is 0 Å². The van der Waals surface area contributed by atoms with Gasteiger partial charge < -0.3 is 9.84 Å². The number of aliphatic hydroxyl groups is 1. The Labute approximate surface area is 126 Å². The van der Waals surface area contributed by atoms with E-state index in [0.29, 0.717) is 6.54 Å². The molecule has 1 aliphatic heterocycles. The van der Waals surface area contributed by atoms with Crippen LogP contribution in [0.1, 0.15) is 25.5 Å². The van der Waals surface area contributed by atoms with E-state index in [1.54, 1.807) is 0 Å². The summed E-state index contributed by atoms with van der Waals surface area (Å²) in [6.07, 6.45) is 0.0159. The molecular weight excluding hydrogens is 262 g/mol. The average molecular weight is 285 g/mol. The van der Waals surface area contributed by atoms with Crippen molar-refractivity contribution >= 4 is 10.8 Å². The highest BCUT2D eigenvalue weighted by atomic mass is 16.5. The topological polar surface area (TPSA) is 32.7 Å². The van der Waals surface area contributed by atoms with Gasteiger partial charge in [-0.05, 0) is 36.2 Å². The maximum absolute atomic E-state index is 10.5. The summed E-state index contributed by atoms with van der Waals surface area (Å²) in [6.45, 7) is 6.61. The summed E-state index contributed by atoms with van der Waals surface area (Å²) < 4.78 is 5.74. The van der Waals surface area contributed by atoms with Gasteiger partial charge in [-0.3, -0.25) is 4.90 Å². The molecule has 0 aliphatic carbocycles. The Kier molecular flexibility index (Phi) is 4.24. The van der Waals surface area contributed by atoms with Gasteiger partial charge in [0.2, 0.25) is 0 Å². The van der Waals surface area contributed by atoms with Crippen LogP contribution in [0.2, 0.25) is 0 Å². The Morgan fingerprint density at radius 3 is 2.48 bits per heavy atom. The van der Waals surface area contributed by atoms with Gasteiger partial charge >= 0.3 is 0 Å². The number of rotatable bonds is 3. The van der Waals surface area contributed by atoms with E-state index in [-0.39, 0.29) is 12.2 Å². The number of fused-ring (bicyclic) bond motifs is 1. The van der Waals surface area contributed by atoms with Gasteiger partial charge in [-0.25, -0.2) is 0 Å². The van der Waals surface area contributed by atoms with Gasteiger partial charge in [0.15, 0.2) is 0 Å². The Balaban J connectivity index is 1.72. The Bertz CT molecular complexity index is 603. The fraction of sp³-hybridized carbons (Fsp3) is 0.444. The zero-order valence-corrected chi connectivity index (χ0v) is 12.7. The number of ether oxygens (including phenoxy) is 1. The maximum Gasteiger partial charge on any atom is 0.0917 e. The summed E-state index contributed by atoms with van der Waals surface area (Å²) in [7, 11) is 0. The molecule has 3 rings (SSSR count). The first kappa shape index (κ1) is 14.5. The summed E-state index contributed by atoms with van der Waals surface area (Å²) in [4.78, 5) is 2.29. The second kappa shape index (κ2) is 6.14. The summed E-state index contributed by atoms with van der Waals surface area (Å²) in [5, 5.41) is 12.9. The zero-order valence-electron chi connectivity index (χ0n) is 12.7. The molecule has 21 heavy (non-hydrogen) atoms. The smallest absolute Gasteiger partial charge is 0.0917 e. The lowest BCUT2D eigenvalue weighted by atomic mass is 10.0. The van der Waals surface area contributed by atoms with Crippen molar-refractivity contribution in [3.05, 3.63) is 48.0 Å². The molecule has 3 heteroatoms. The SMILES string of the molecule is C[C@@H]1CN(CC(O)c2ccc3ccccc3c2)C[C@H](C)O1. The number of morpholine rings is 1. The van der Waals surface area contributed by atoms with E-state index in [1.165, 1.54) is 10.8 Å². The second-order valence-electron chi connectivity index (χ2n) is 6.10. The number of β-amino-alcohol motifs (C(OH)–C–C–N with tert-alkyl or cyclic N) is 1. The van der Waals surface area contributed by atoms with Crippen molar-refractivity contribution in [2.24, 2.45) is 0 Å². The van der Waals surface area contributed by atoms with E-state index < -0.39 is 6.10 Å². The fourth-order valence-corrected chi connectivity index (χ4v) is 3.20. The predicted octanol–water partition coefficient (Wildman–Crippen LogP) is 2.98. The van der Waals surface area contributed by atoms with Gasteiger partial charge in [0.25, 0.3) is 0 Å². The number of benzene rings is 2.